The minimum atomic E-state index is -0.206. The van der Waals surface area contributed by atoms with Crippen LogP contribution in [-0.4, -0.2) is 10.5 Å². The number of aryl methyl sites for hydroxylation is 1. The van der Waals surface area contributed by atoms with Gasteiger partial charge in [0, 0.05) is 12.6 Å². The van der Waals surface area contributed by atoms with Crippen LogP contribution in [0.15, 0.2) is 59.6 Å². The van der Waals surface area contributed by atoms with Gasteiger partial charge in [-0.1, -0.05) is 41.7 Å². The second-order valence-electron chi connectivity index (χ2n) is 4.19. The van der Waals surface area contributed by atoms with Gasteiger partial charge in [0.05, 0.1) is 10.2 Å². The molecular weight excluding hydrogens is 256 g/mol. The van der Waals surface area contributed by atoms with Crippen LogP contribution in [0.3, 0.4) is 0 Å². The zero-order valence-corrected chi connectivity index (χ0v) is 11.2. The summed E-state index contributed by atoms with van der Waals surface area (Å²) in [4.78, 5) is 17.0. The number of fused-ring (bicyclic) bond motifs is 1. The molecular formula is C15H12N2OS. The summed E-state index contributed by atoms with van der Waals surface area (Å²) < 4.78 is 3.07. The first-order valence-corrected chi connectivity index (χ1v) is 6.76. The standard InChI is InChI=1S/C15H12N2OS/c1-17-12-9-5-6-10-13(12)19-15(17)16-14(18)11-7-3-2-4-8-11/h2-10H,1H3/b16-15+. The topological polar surface area (TPSA) is 34.4 Å². The molecule has 0 aliphatic carbocycles. The van der Waals surface area contributed by atoms with Gasteiger partial charge in [0.25, 0.3) is 5.91 Å². The van der Waals surface area contributed by atoms with Crippen LogP contribution in [0.1, 0.15) is 10.4 Å². The summed E-state index contributed by atoms with van der Waals surface area (Å²) in [6, 6.07) is 17.2. The monoisotopic (exact) mass is 268 g/mol. The molecule has 94 valence electrons. The van der Waals surface area contributed by atoms with Gasteiger partial charge in [0.15, 0.2) is 4.80 Å². The molecule has 0 radical (unpaired) electrons. The first kappa shape index (κ1) is 11.9. The van der Waals surface area contributed by atoms with E-state index in [1.165, 1.54) is 11.3 Å². The summed E-state index contributed by atoms with van der Waals surface area (Å²) in [5, 5.41) is 0. The van der Waals surface area contributed by atoms with Crippen LogP contribution in [-0.2, 0) is 7.05 Å². The molecule has 3 aromatic rings. The molecule has 19 heavy (non-hydrogen) atoms. The summed E-state index contributed by atoms with van der Waals surface area (Å²) in [6.07, 6.45) is 0. The molecule has 0 saturated carbocycles. The Morgan fingerprint density at radius 1 is 1.05 bits per heavy atom. The number of nitrogens with zero attached hydrogens (tertiary/aromatic N) is 2. The van der Waals surface area contributed by atoms with Crippen LogP contribution < -0.4 is 4.80 Å². The number of amides is 1. The molecule has 1 amide bonds. The average Bonchev–Trinajstić information content (AvgIpc) is 2.77. The number of benzene rings is 2. The van der Waals surface area contributed by atoms with E-state index in [1.807, 2.05) is 54.1 Å². The number of carbonyl (C=O) groups excluding carboxylic acids is 1. The molecule has 0 spiro atoms. The maximum atomic E-state index is 12.1. The van der Waals surface area contributed by atoms with Gasteiger partial charge < -0.3 is 4.57 Å². The van der Waals surface area contributed by atoms with Crippen molar-refractivity contribution in [3.8, 4) is 0 Å². The highest BCUT2D eigenvalue weighted by Gasteiger charge is 2.05. The first-order chi connectivity index (χ1) is 9.25. The lowest BCUT2D eigenvalue weighted by molar-refractivity contribution is 0.0998. The van der Waals surface area contributed by atoms with Crippen molar-refractivity contribution in [3.63, 3.8) is 0 Å². The Morgan fingerprint density at radius 3 is 2.47 bits per heavy atom. The molecule has 4 heteroatoms. The summed E-state index contributed by atoms with van der Waals surface area (Å²) in [5.41, 5.74) is 1.70. The van der Waals surface area contributed by atoms with Crippen molar-refractivity contribution in [2.75, 3.05) is 0 Å². The largest absolute Gasteiger partial charge is 0.319 e. The van der Waals surface area contributed by atoms with E-state index in [4.69, 9.17) is 0 Å². The molecule has 3 nitrogen and oxygen atoms in total. The van der Waals surface area contributed by atoms with E-state index >= 15 is 0 Å². The van der Waals surface area contributed by atoms with Gasteiger partial charge in [0.1, 0.15) is 0 Å². The van der Waals surface area contributed by atoms with E-state index in [1.54, 1.807) is 12.1 Å². The highest BCUT2D eigenvalue weighted by Crippen LogP contribution is 2.15. The minimum absolute atomic E-state index is 0.206. The molecule has 0 atom stereocenters. The van der Waals surface area contributed by atoms with Crippen LogP contribution in [0.5, 0.6) is 0 Å². The minimum Gasteiger partial charge on any atom is -0.319 e. The van der Waals surface area contributed by atoms with Gasteiger partial charge in [-0.15, -0.1) is 0 Å². The SMILES string of the molecule is Cn1/c(=N\C(=O)c2ccccc2)sc2ccccc21. The lowest BCUT2D eigenvalue weighted by atomic mass is 10.2. The Labute approximate surface area is 114 Å². The molecule has 0 saturated heterocycles. The lowest BCUT2D eigenvalue weighted by Gasteiger charge is -1.95. The predicted molar refractivity (Wildman–Crippen MR) is 77.1 cm³/mol. The van der Waals surface area contributed by atoms with Crippen LogP contribution in [0.25, 0.3) is 10.2 Å². The van der Waals surface area contributed by atoms with Gasteiger partial charge in [-0.25, -0.2) is 0 Å². The maximum absolute atomic E-state index is 12.1. The van der Waals surface area contributed by atoms with Crippen molar-refractivity contribution < 1.29 is 4.79 Å². The summed E-state index contributed by atoms with van der Waals surface area (Å²) in [6.45, 7) is 0. The summed E-state index contributed by atoms with van der Waals surface area (Å²) in [7, 11) is 1.93. The fourth-order valence-electron chi connectivity index (χ4n) is 1.92. The Kier molecular flexibility index (Phi) is 3.01. The second-order valence-corrected chi connectivity index (χ2v) is 5.20. The normalized spacial score (nSPS) is 11.9. The Hall–Kier alpha value is -2.20. The number of aromatic nitrogens is 1. The number of thiazole rings is 1. The van der Waals surface area contributed by atoms with E-state index in [2.05, 4.69) is 4.99 Å². The molecule has 2 aromatic carbocycles. The van der Waals surface area contributed by atoms with Crippen molar-refractivity contribution >= 4 is 27.5 Å². The third kappa shape index (κ3) is 2.22. The Balaban J connectivity index is 2.12. The molecule has 1 aromatic heterocycles. The number of hydrogen-bond donors (Lipinski definition) is 0. The number of rotatable bonds is 1. The average molecular weight is 268 g/mol. The van der Waals surface area contributed by atoms with E-state index in [0.29, 0.717) is 5.56 Å². The van der Waals surface area contributed by atoms with E-state index < -0.39 is 0 Å². The van der Waals surface area contributed by atoms with Crippen molar-refractivity contribution in [2.45, 2.75) is 0 Å². The fraction of sp³-hybridized carbons (Fsp3) is 0.0667. The van der Waals surface area contributed by atoms with E-state index in [0.717, 1.165) is 15.0 Å². The highest BCUT2D eigenvalue weighted by atomic mass is 32.1. The van der Waals surface area contributed by atoms with Crippen LogP contribution >= 0.6 is 11.3 Å². The third-order valence-electron chi connectivity index (χ3n) is 2.93. The zero-order chi connectivity index (χ0) is 13.2. The maximum Gasteiger partial charge on any atom is 0.279 e. The van der Waals surface area contributed by atoms with Gasteiger partial charge in [-0.05, 0) is 24.3 Å². The van der Waals surface area contributed by atoms with Crippen molar-refractivity contribution in [1.82, 2.24) is 4.57 Å². The summed E-state index contributed by atoms with van der Waals surface area (Å²) >= 11 is 1.52. The molecule has 0 fully saturated rings. The van der Waals surface area contributed by atoms with Gasteiger partial charge >= 0.3 is 0 Å². The second kappa shape index (κ2) is 4.82. The van der Waals surface area contributed by atoms with Crippen LogP contribution in [0.4, 0.5) is 0 Å². The van der Waals surface area contributed by atoms with Gasteiger partial charge in [-0.3, -0.25) is 4.79 Å². The van der Waals surface area contributed by atoms with Crippen molar-refractivity contribution in [2.24, 2.45) is 12.0 Å². The molecule has 0 aliphatic rings. The predicted octanol–water partition coefficient (Wildman–Crippen LogP) is 2.98. The number of para-hydroxylation sites is 1. The summed E-state index contributed by atoms with van der Waals surface area (Å²) in [5.74, 6) is -0.206. The Bertz CT molecular complexity index is 800. The fourth-order valence-corrected chi connectivity index (χ4v) is 2.94. The van der Waals surface area contributed by atoms with E-state index in [9.17, 15) is 4.79 Å². The highest BCUT2D eigenvalue weighted by molar-refractivity contribution is 7.16. The first-order valence-electron chi connectivity index (χ1n) is 5.94. The molecule has 0 bridgehead atoms. The van der Waals surface area contributed by atoms with Crippen LogP contribution in [0, 0.1) is 0 Å². The molecule has 0 unspecified atom stereocenters. The zero-order valence-electron chi connectivity index (χ0n) is 10.4. The van der Waals surface area contributed by atoms with Crippen molar-refractivity contribution in [1.29, 1.82) is 0 Å². The quantitative estimate of drug-likeness (QED) is 0.668. The van der Waals surface area contributed by atoms with Gasteiger partial charge in [0.2, 0.25) is 0 Å². The number of hydrogen-bond acceptors (Lipinski definition) is 2. The smallest absolute Gasteiger partial charge is 0.279 e. The molecule has 3 rings (SSSR count). The Morgan fingerprint density at radius 2 is 1.74 bits per heavy atom. The lowest BCUT2D eigenvalue weighted by Crippen LogP contribution is -2.13. The molecule has 0 N–H and O–H groups in total. The van der Waals surface area contributed by atoms with E-state index in [-0.39, 0.29) is 5.91 Å². The number of carbonyl (C=O) groups is 1. The van der Waals surface area contributed by atoms with Crippen molar-refractivity contribution in [3.05, 3.63) is 65.0 Å². The third-order valence-corrected chi connectivity index (χ3v) is 4.05. The molecule has 1 heterocycles. The van der Waals surface area contributed by atoms with Crippen LogP contribution in [0.2, 0.25) is 0 Å². The molecule has 0 aliphatic heterocycles. The van der Waals surface area contributed by atoms with Gasteiger partial charge in [-0.2, -0.15) is 4.99 Å².